The van der Waals surface area contributed by atoms with Gasteiger partial charge in [0.1, 0.15) is 40.9 Å². The zero-order valence-electron chi connectivity index (χ0n) is 20.8. The average molecular weight is 578 g/mol. The molecule has 2 nitrogen and oxygen atoms in total. The number of furan rings is 1. The number of allylic oxidation sites excluding steroid dienone is 3. The van der Waals surface area contributed by atoms with Gasteiger partial charge in [-0.25, -0.2) is 0 Å². The molecule has 0 aliphatic carbocycles. The second kappa shape index (κ2) is 12.2. The van der Waals surface area contributed by atoms with Gasteiger partial charge in [0.25, 0.3) is 0 Å². The molecule has 5 rings (SSSR count). The number of benzene rings is 4. The Hall–Kier alpha value is -3.78. The number of rotatable bonds is 9. The predicted molar refractivity (Wildman–Crippen MR) is 164 cm³/mol. The van der Waals surface area contributed by atoms with Crippen LogP contribution in [0.25, 0.3) is 6.08 Å². The average Bonchev–Trinajstić information content (AvgIpc) is 3.43. The van der Waals surface area contributed by atoms with Gasteiger partial charge in [-0.2, -0.15) is 0 Å². The number of halogens is 1. The van der Waals surface area contributed by atoms with Crippen molar-refractivity contribution in [2.24, 2.45) is 0 Å². The van der Waals surface area contributed by atoms with Gasteiger partial charge in [-0.3, -0.25) is 4.79 Å². The van der Waals surface area contributed by atoms with Crippen molar-refractivity contribution in [2.45, 2.75) is 6.16 Å². The van der Waals surface area contributed by atoms with Gasteiger partial charge in [-0.1, -0.05) is 82.7 Å². The smallest absolute Gasteiger partial charge is 0.185 e. The van der Waals surface area contributed by atoms with Crippen LogP contribution < -0.4 is 15.9 Å². The Morgan fingerprint density at radius 1 is 0.658 bits per heavy atom. The van der Waals surface area contributed by atoms with E-state index in [-0.39, 0.29) is 5.78 Å². The fourth-order valence-corrected chi connectivity index (χ4v) is 8.96. The van der Waals surface area contributed by atoms with E-state index in [9.17, 15) is 4.79 Å². The molecular weight excluding hydrogens is 551 g/mol. The zero-order valence-corrected chi connectivity index (χ0v) is 23.3. The van der Waals surface area contributed by atoms with Gasteiger partial charge in [0.2, 0.25) is 0 Å². The van der Waals surface area contributed by atoms with Gasteiger partial charge in [0.15, 0.2) is 5.78 Å². The second-order valence-electron chi connectivity index (χ2n) is 8.87. The minimum Gasteiger partial charge on any atom is -0.458 e. The van der Waals surface area contributed by atoms with Crippen molar-refractivity contribution in [3.05, 3.63) is 167 Å². The maximum atomic E-state index is 12.4. The topological polar surface area (TPSA) is 30.2 Å². The summed E-state index contributed by atoms with van der Waals surface area (Å²) in [6.45, 7) is 0. The number of hydrogen-bond acceptors (Lipinski definition) is 2. The van der Waals surface area contributed by atoms with E-state index in [0.717, 1.165) is 22.2 Å². The van der Waals surface area contributed by atoms with E-state index >= 15 is 0 Å². The first-order chi connectivity index (χ1) is 18.6. The molecule has 0 fully saturated rings. The molecule has 1 aromatic heterocycles. The standard InChI is InChI=1S/C34H27BrO2P/c35-28-22-20-27(21-23-28)34(36)19-11-10-12-29-24-25-30(37-29)26-38(31-13-4-1-5-14-31,32-15-6-2-7-16-32)33-17-8-3-9-18-33/h1-25H,26H2/q+1. The molecule has 0 N–H and O–H groups in total. The summed E-state index contributed by atoms with van der Waals surface area (Å²) in [5.74, 6) is 1.66. The van der Waals surface area contributed by atoms with Gasteiger partial charge in [-0.15, -0.1) is 0 Å². The van der Waals surface area contributed by atoms with Crippen molar-refractivity contribution in [2.75, 3.05) is 0 Å². The first-order valence-electron chi connectivity index (χ1n) is 12.4. The fourth-order valence-electron chi connectivity index (χ4n) is 4.58. The van der Waals surface area contributed by atoms with Crippen LogP contribution in [0.15, 0.2) is 155 Å². The van der Waals surface area contributed by atoms with Crippen LogP contribution >= 0.6 is 23.2 Å². The van der Waals surface area contributed by atoms with Crippen LogP contribution in [-0.4, -0.2) is 5.78 Å². The summed E-state index contributed by atoms with van der Waals surface area (Å²) in [5.41, 5.74) is 0.654. The zero-order chi connectivity index (χ0) is 26.2. The third kappa shape index (κ3) is 5.86. The summed E-state index contributed by atoms with van der Waals surface area (Å²) >= 11 is 3.39. The van der Waals surface area contributed by atoms with Crippen molar-refractivity contribution >= 4 is 51.0 Å². The lowest BCUT2D eigenvalue weighted by atomic mass is 10.1. The fraction of sp³-hybridized carbons (Fsp3) is 0.0294. The molecule has 0 saturated carbocycles. The third-order valence-corrected chi connectivity index (χ3v) is 11.3. The molecule has 1 heterocycles. The Morgan fingerprint density at radius 3 is 1.71 bits per heavy atom. The molecule has 0 aliphatic rings. The number of ketones is 1. The monoisotopic (exact) mass is 577 g/mol. The summed E-state index contributed by atoms with van der Waals surface area (Å²) in [7, 11) is -2.02. The lowest BCUT2D eigenvalue weighted by molar-refractivity contribution is 0.104. The normalized spacial score (nSPS) is 11.8. The van der Waals surface area contributed by atoms with E-state index in [1.54, 1.807) is 24.3 Å². The minimum atomic E-state index is -2.02. The summed E-state index contributed by atoms with van der Waals surface area (Å²) in [6.07, 6.45) is 7.83. The summed E-state index contributed by atoms with van der Waals surface area (Å²) in [5, 5.41) is 3.96. The Bertz CT molecular complexity index is 1440. The number of hydrogen-bond donors (Lipinski definition) is 0. The first kappa shape index (κ1) is 25.9. The maximum absolute atomic E-state index is 12.4. The van der Waals surface area contributed by atoms with E-state index in [1.807, 2.05) is 30.4 Å². The molecule has 4 heteroatoms. The van der Waals surface area contributed by atoms with Crippen LogP contribution in [0.2, 0.25) is 0 Å². The largest absolute Gasteiger partial charge is 0.458 e. The lowest BCUT2D eigenvalue weighted by Crippen LogP contribution is -2.32. The van der Waals surface area contributed by atoms with Crippen LogP contribution in [0.1, 0.15) is 21.9 Å². The van der Waals surface area contributed by atoms with E-state index in [2.05, 4.69) is 113 Å². The first-order valence-corrected chi connectivity index (χ1v) is 15.2. The van der Waals surface area contributed by atoms with Crippen molar-refractivity contribution in [3.63, 3.8) is 0 Å². The van der Waals surface area contributed by atoms with E-state index in [4.69, 9.17) is 4.42 Å². The summed E-state index contributed by atoms with van der Waals surface area (Å²) in [4.78, 5) is 12.4. The third-order valence-electron chi connectivity index (χ3n) is 6.41. The molecule has 0 unspecified atom stereocenters. The second-order valence-corrected chi connectivity index (χ2v) is 13.3. The SMILES string of the molecule is O=C(C=CC=Cc1ccc(C[P+](c2ccccc2)(c2ccccc2)c2ccccc2)o1)c1ccc(Br)cc1. The van der Waals surface area contributed by atoms with E-state index < -0.39 is 7.26 Å². The highest BCUT2D eigenvalue weighted by Gasteiger charge is 2.46. The highest BCUT2D eigenvalue weighted by Crippen LogP contribution is 2.58. The number of carbonyl (C=O) groups excluding carboxylic acids is 1. The van der Waals surface area contributed by atoms with Gasteiger partial charge in [-0.05, 0) is 84.9 Å². The molecule has 0 spiro atoms. The Balaban J connectivity index is 1.43. The molecule has 0 radical (unpaired) electrons. The number of carbonyl (C=O) groups is 1. The van der Waals surface area contributed by atoms with Gasteiger partial charge in [0.05, 0.1) is 0 Å². The van der Waals surface area contributed by atoms with Crippen LogP contribution in [0.3, 0.4) is 0 Å². The molecule has 5 aromatic rings. The van der Waals surface area contributed by atoms with Gasteiger partial charge >= 0.3 is 0 Å². The van der Waals surface area contributed by atoms with Gasteiger partial charge < -0.3 is 4.42 Å². The van der Waals surface area contributed by atoms with Crippen LogP contribution in [0.5, 0.6) is 0 Å². The molecule has 4 aromatic carbocycles. The minimum absolute atomic E-state index is 0.0366. The summed E-state index contributed by atoms with van der Waals surface area (Å²) in [6, 6.07) is 43.8. The Labute approximate surface area is 232 Å². The molecular formula is C34H27BrO2P+. The molecule has 0 saturated heterocycles. The van der Waals surface area contributed by atoms with Crippen molar-refractivity contribution in [3.8, 4) is 0 Å². The predicted octanol–water partition coefficient (Wildman–Crippen LogP) is 7.99. The van der Waals surface area contributed by atoms with Crippen LogP contribution in [-0.2, 0) is 6.16 Å². The molecule has 0 aliphatic heterocycles. The van der Waals surface area contributed by atoms with Crippen molar-refractivity contribution < 1.29 is 9.21 Å². The van der Waals surface area contributed by atoms with Crippen LogP contribution in [0.4, 0.5) is 0 Å². The molecule has 0 atom stereocenters. The molecule has 38 heavy (non-hydrogen) atoms. The van der Waals surface area contributed by atoms with E-state index in [1.165, 1.54) is 15.9 Å². The van der Waals surface area contributed by atoms with Crippen molar-refractivity contribution in [1.82, 2.24) is 0 Å². The molecule has 0 amide bonds. The Kier molecular flexibility index (Phi) is 8.28. The summed E-state index contributed by atoms with van der Waals surface area (Å²) < 4.78 is 7.27. The highest BCUT2D eigenvalue weighted by atomic mass is 79.9. The quantitative estimate of drug-likeness (QED) is 0.0769. The van der Waals surface area contributed by atoms with Crippen LogP contribution in [0, 0.1) is 0 Å². The highest BCUT2D eigenvalue weighted by molar-refractivity contribution is 9.10. The van der Waals surface area contributed by atoms with E-state index in [0.29, 0.717) is 5.56 Å². The maximum Gasteiger partial charge on any atom is 0.185 e. The molecule has 0 bridgehead atoms. The van der Waals surface area contributed by atoms with Crippen molar-refractivity contribution in [1.29, 1.82) is 0 Å². The lowest BCUT2D eigenvalue weighted by Gasteiger charge is -2.26. The molecule has 186 valence electrons. The van der Waals surface area contributed by atoms with Gasteiger partial charge in [0, 0.05) is 10.0 Å². The Morgan fingerprint density at radius 2 is 1.18 bits per heavy atom.